The first-order valence-electron chi connectivity index (χ1n) is 7.33. The number of hydrogen-bond donors (Lipinski definition) is 1. The molecule has 0 fully saturated rings. The molecular formula is C17H25N3. The van der Waals surface area contributed by atoms with Gasteiger partial charge in [0, 0.05) is 17.8 Å². The van der Waals surface area contributed by atoms with Crippen LogP contribution in [0.2, 0.25) is 0 Å². The Hall–Kier alpha value is -1.61. The Morgan fingerprint density at radius 1 is 1.05 bits per heavy atom. The van der Waals surface area contributed by atoms with E-state index in [2.05, 4.69) is 62.8 Å². The highest BCUT2D eigenvalue weighted by Gasteiger charge is 2.12. The van der Waals surface area contributed by atoms with Crippen molar-refractivity contribution in [3.8, 4) is 0 Å². The summed E-state index contributed by atoms with van der Waals surface area (Å²) in [7, 11) is 0. The van der Waals surface area contributed by atoms with Crippen molar-refractivity contribution in [3.05, 3.63) is 51.8 Å². The molecule has 0 bridgehead atoms. The van der Waals surface area contributed by atoms with E-state index in [9.17, 15) is 0 Å². The van der Waals surface area contributed by atoms with Crippen molar-refractivity contribution < 1.29 is 0 Å². The predicted molar refractivity (Wildman–Crippen MR) is 84.1 cm³/mol. The molecule has 1 aromatic heterocycles. The van der Waals surface area contributed by atoms with E-state index >= 15 is 0 Å². The van der Waals surface area contributed by atoms with Gasteiger partial charge in [0.1, 0.15) is 0 Å². The zero-order valence-electron chi connectivity index (χ0n) is 13.2. The number of benzene rings is 1. The fourth-order valence-electron chi connectivity index (χ4n) is 2.64. The molecule has 1 heterocycles. The van der Waals surface area contributed by atoms with Gasteiger partial charge in [0.2, 0.25) is 0 Å². The molecule has 20 heavy (non-hydrogen) atoms. The van der Waals surface area contributed by atoms with Crippen LogP contribution in [0.1, 0.15) is 40.6 Å². The topological polar surface area (TPSA) is 29.9 Å². The van der Waals surface area contributed by atoms with Crippen molar-refractivity contribution in [1.29, 1.82) is 0 Å². The van der Waals surface area contributed by atoms with Crippen molar-refractivity contribution in [1.82, 2.24) is 15.1 Å². The molecule has 0 amide bonds. The zero-order valence-corrected chi connectivity index (χ0v) is 13.2. The first-order chi connectivity index (χ1) is 9.54. The molecule has 1 aromatic carbocycles. The van der Waals surface area contributed by atoms with Gasteiger partial charge in [-0.25, -0.2) is 0 Å². The highest BCUT2D eigenvalue weighted by molar-refractivity contribution is 5.34. The van der Waals surface area contributed by atoms with Gasteiger partial charge in [0.15, 0.2) is 0 Å². The van der Waals surface area contributed by atoms with Gasteiger partial charge in [-0.2, -0.15) is 5.10 Å². The van der Waals surface area contributed by atoms with Crippen LogP contribution in [0.25, 0.3) is 0 Å². The normalized spacial score (nSPS) is 11.1. The van der Waals surface area contributed by atoms with Crippen LogP contribution in [0.4, 0.5) is 0 Å². The third-order valence-electron chi connectivity index (χ3n) is 4.04. The number of rotatable bonds is 5. The lowest BCUT2D eigenvalue weighted by atomic mass is 10.0. The maximum Gasteiger partial charge on any atom is 0.0667 e. The largest absolute Gasteiger partial charge is 0.313 e. The second kappa shape index (κ2) is 6.23. The van der Waals surface area contributed by atoms with Crippen LogP contribution in [0.15, 0.2) is 18.2 Å². The fraction of sp³-hybridized carbons (Fsp3) is 0.471. The monoisotopic (exact) mass is 271 g/mol. The Balaban J connectivity index is 2.30. The van der Waals surface area contributed by atoms with Crippen LogP contribution < -0.4 is 5.32 Å². The van der Waals surface area contributed by atoms with Crippen LogP contribution in [-0.4, -0.2) is 16.3 Å². The van der Waals surface area contributed by atoms with Gasteiger partial charge >= 0.3 is 0 Å². The summed E-state index contributed by atoms with van der Waals surface area (Å²) in [6, 6.07) is 6.47. The molecule has 2 aromatic rings. The number of hydrogen-bond acceptors (Lipinski definition) is 2. The lowest BCUT2D eigenvalue weighted by molar-refractivity contribution is 0.651. The SMILES string of the molecule is CCNCc1c(C)nn(Cc2c(C)cccc2C)c1C. The molecule has 0 saturated heterocycles. The highest BCUT2D eigenvalue weighted by Crippen LogP contribution is 2.18. The molecule has 0 aliphatic rings. The summed E-state index contributed by atoms with van der Waals surface area (Å²) in [5.74, 6) is 0. The molecule has 0 saturated carbocycles. The van der Waals surface area contributed by atoms with Gasteiger partial charge in [-0.05, 0) is 50.9 Å². The molecule has 0 aliphatic carbocycles. The lowest BCUT2D eigenvalue weighted by Crippen LogP contribution is -2.13. The Bertz CT molecular complexity index is 576. The minimum atomic E-state index is 0.858. The standard InChI is InChI=1S/C17H25N3/c1-6-18-10-16-14(4)19-20(15(16)5)11-17-12(2)8-7-9-13(17)3/h7-9,18H,6,10-11H2,1-5H3. The Morgan fingerprint density at radius 3 is 2.30 bits per heavy atom. The molecule has 2 rings (SSSR count). The molecule has 0 aliphatic heterocycles. The fourth-order valence-corrected chi connectivity index (χ4v) is 2.64. The number of aryl methyl sites for hydroxylation is 3. The van der Waals surface area contributed by atoms with E-state index < -0.39 is 0 Å². The molecule has 3 heteroatoms. The van der Waals surface area contributed by atoms with Gasteiger partial charge in [-0.3, -0.25) is 4.68 Å². The molecule has 1 N–H and O–H groups in total. The molecule has 0 spiro atoms. The summed E-state index contributed by atoms with van der Waals surface area (Å²) in [6.07, 6.45) is 0. The maximum absolute atomic E-state index is 4.72. The van der Waals surface area contributed by atoms with Crippen molar-refractivity contribution in [2.45, 2.75) is 47.7 Å². The van der Waals surface area contributed by atoms with Gasteiger partial charge in [-0.1, -0.05) is 25.1 Å². The van der Waals surface area contributed by atoms with Gasteiger partial charge in [0.05, 0.1) is 12.2 Å². The van der Waals surface area contributed by atoms with E-state index in [1.807, 2.05) is 0 Å². The predicted octanol–water partition coefficient (Wildman–Crippen LogP) is 3.27. The average molecular weight is 271 g/mol. The van der Waals surface area contributed by atoms with Crippen molar-refractivity contribution >= 4 is 0 Å². The van der Waals surface area contributed by atoms with E-state index in [-0.39, 0.29) is 0 Å². The summed E-state index contributed by atoms with van der Waals surface area (Å²) in [5, 5.41) is 8.11. The first-order valence-corrected chi connectivity index (χ1v) is 7.33. The Morgan fingerprint density at radius 2 is 1.70 bits per heavy atom. The van der Waals surface area contributed by atoms with Crippen LogP contribution in [-0.2, 0) is 13.1 Å². The molecule has 0 unspecified atom stereocenters. The van der Waals surface area contributed by atoms with Crippen molar-refractivity contribution in [2.24, 2.45) is 0 Å². The minimum absolute atomic E-state index is 0.858. The Labute approximate surface area is 122 Å². The molecule has 3 nitrogen and oxygen atoms in total. The number of nitrogens with one attached hydrogen (secondary N) is 1. The van der Waals surface area contributed by atoms with E-state index in [1.54, 1.807) is 0 Å². The van der Waals surface area contributed by atoms with Crippen LogP contribution in [0, 0.1) is 27.7 Å². The smallest absolute Gasteiger partial charge is 0.0667 e. The van der Waals surface area contributed by atoms with Crippen molar-refractivity contribution in [3.63, 3.8) is 0 Å². The van der Waals surface area contributed by atoms with Crippen LogP contribution >= 0.6 is 0 Å². The third-order valence-corrected chi connectivity index (χ3v) is 4.04. The number of aromatic nitrogens is 2. The molecular weight excluding hydrogens is 246 g/mol. The maximum atomic E-state index is 4.72. The molecule has 108 valence electrons. The quantitative estimate of drug-likeness (QED) is 0.904. The Kier molecular flexibility index (Phi) is 4.61. The van der Waals surface area contributed by atoms with E-state index in [0.717, 1.165) is 25.3 Å². The summed E-state index contributed by atoms with van der Waals surface area (Å²) >= 11 is 0. The van der Waals surface area contributed by atoms with Crippen molar-refractivity contribution in [2.75, 3.05) is 6.54 Å². The van der Waals surface area contributed by atoms with Gasteiger partial charge < -0.3 is 5.32 Å². The van der Waals surface area contributed by atoms with E-state index in [0.29, 0.717) is 0 Å². The van der Waals surface area contributed by atoms with Gasteiger partial charge in [-0.15, -0.1) is 0 Å². The first kappa shape index (κ1) is 14.8. The second-order valence-electron chi connectivity index (χ2n) is 5.46. The minimum Gasteiger partial charge on any atom is -0.313 e. The average Bonchev–Trinajstić information content (AvgIpc) is 2.67. The third kappa shape index (κ3) is 2.93. The summed E-state index contributed by atoms with van der Waals surface area (Å²) in [6.45, 7) is 13.5. The van der Waals surface area contributed by atoms with E-state index in [1.165, 1.54) is 27.9 Å². The zero-order chi connectivity index (χ0) is 14.7. The summed E-state index contributed by atoms with van der Waals surface area (Å²) in [4.78, 5) is 0. The summed E-state index contributed by atoms with van der Waals surface area (Å²) in [5.41, 5.74) is 7.79. The second-order valence-corrected chi connectivity index (χ2v) is 5.46. The molecule has 0 atom stereocenters. The summed E-state index contributed by atoms with van der Waals surface area (Å²) < 4.78 is 2.14. The lowest BCUT2D eigenvalue weighted by Gasteiger charge is -2.11. The number of nitrogens with zero attached hydrogens (tertiary/aromatic N) is 2. The van der Waals surface area contributed by atoms with Gasteiger partial charge in [0.25, 0.3) is 0 Å². The van der Waals surface area contributed by atoms with Crippen LogP contribution in [0.5, 0.6) is 0 Å². The van der Waals surface area contributed by atoms with E-state index in [4.69, 9.17) is 5.10 Å². The molecule has 0 radical (unpaired) electrons. The van der Waals surface area contributed by atoms with Crippen LogP contribution in [0.3, 0.4) is 0 Å². The highest BCUT2D eigenvalue weighted by atomic mass is 15.3.